The lowest BCUT2D eigenvalue weighted by atomic mass is 10.0. The van der Waals surface area contributed by atoms with E-state index in [1.165, 1.54) is 0 Å². The maximum absolute atomic E-state index is 12.6. The molecule has 124 valence electrons. The van der Waals surface area contributed by atoms with Crippen LogP contribution in [0.4, 0.5) is 0 Å². The average Bonchev–Trinajstić information content (AvgIpc) is 3.01. The Labute approximate surface area is 138 Å². The van der Waals surface area contributed by atoms with Gasteiger partial charge in [0.05, 0.1) is 17.4 Å². The summed E-state index contributed by atoms with van der Waals surface area (Å²) >= 11 is 0. The standard InChI is InChI=1S/C17H18N4O3/c1-12-18-6-8-21(12)9-7-19-16(22)17(4-5-17)15-11-14(24-20-15)13-3-2-10-23-13/h2-3,6,8,10-11H,4-5,7,9H2,1H3,(H,19,22). The van der Waals surface area contributed by atoms with Gasteiger partial charge in [0.25, 0.3) is 0 Å². The van der Waals surface area contributed by atoms with E-state index < -0.39 is 5.41 Å². The van der Waals surface area contributed by atoms with Gasteiger partial charge in [0.1, 0.15) is 5.82 Å². The fraction of sp³-hybridized carbons (Fsp3) is 0.353. The number of nitrogens with zero attached hydrogens (tertiary/aromatic N) is 3. The molecule has 4 rings (SSSR count). The summed E-state index contributed by atoms with van der Waals surface area (Å²) in [6, 6.07) is 5.39. The van der Waals surface area contributed by atoms with E-state index in [0.29, 0.717) is 30.3 Å². The van der Waals surface area contributed by atoms with Crippen LogP contribution in [0.1, 0.15) is 24.4 Å². The molecule has 1 N–H and O–H groups in total. The molecule has 7 nitrogen and oxygen atoms in total. The highest BCUT2D eigenvalue weighted by Gasteiger charge is 2.53. The highest BCUT2D eigenvalue weighted by molar-refractivity contribution is 5.90. The number of furan rings is 1. The van der Waals surface area contributed by atoms with Crippen LogP contribution in [0.25, 0.3) is 11.5 Å². The monoisotopic (exact) mass is 326 g/mol. The Bertz CT molecular complexity index is 843. The lowest BCUT2D eigenvalue weighted by molar-refractivity contribution is -0.123. The highest BCUT2D eigenvalue weighted by atomic mass is 16.5. The Morgan fingerprint density at radius 1 is 1.42 bits per heavy atom. The minimum Gasteiger partial charge on any atom is -0.461 e. The van der Waals surface area contributed by atoms with Crippen molar-refractivity contribution in [3.05, 3.63) is 48.4 Å². The number of hydrogen-bond acceptors (Lipinski definition) is 5. The van der Waals surface area contributed by atoms with Gasteiger partial charge in [-0.1, -0.05) is 5.16 Å². The SMILES string of the molecule is Cc1nccn1CCNC(=O)C1(c2cc(-c3ccco3)on2)CC1. The van der Waals surface area contributed by atoms with Gasteiger partial charge in [0.2, 0.25) is 11.7 Å². The first-order valence-corrected chi connectivity index (χ1v) is 7.96. The van der Waals surface area contributed by atoms with Gasteiger partial charge in [-0.25, -0.2) is 4.98 Å². The van der Waals surface area contributed by atoms with Crippen LogP contribution in [0.2, 0.25) is 0 Å². The molecular formula is C17H18N4O3. The Morgan fingerprint density at radius 3 is 2.96 bits per heavy atom. The average molecular weight is 326 g/mol. The summed E-state index contributed by atoms with van der Waals surface area (Å²) in [5.41, 5.74) is 0.114. The summed E-state index contributed by atoms with van der Waals surface area (Å²) in [5, 5.41) is 7.09. The van der Waals surface area contributed by atoms with Crippen LogP contribution in [-0.4, -0.2) is 27.2 Å². The second-order valence-corrected chi connectivity index (χ2v) is 6.06. The molecule has 1 aliphatic rings. The number of aryl methyl sites for hydroxylation is 1. The van der Waals surface area contributed by atoms with E-state index in [0.717, 1.165) is 18.7 Å². The van der Waals surface area contributed by atoms with Crippen LogP contribution in [0, 0.1) is 6.92 Å². The molecule has 1 saturated carbocycles. The third kappa shape index (κ3) is 2.51. The predicted molar refractivity (Wildman–Crippen MR) is 85.1 cm³/mol. The number of imidazole rings is 1. The van der Waals surface area contributed by atoms with Crippen molar-refractivity contribution in [3.8, 4) is 11.5 Å². The summed E-state index contributed by atoms with van der Waals surface area (Å²) < 4.78 is 12.6. The molecule has 3 aromatic heterocycles. The van der Waals surface area contributed by atoms with Gasteiger partial charge in [0.15, 0.2) is 5.76 Å². The van der Waals surface area contributed by atoms with Crippen LogP contribution in [0.15, 0.2) is 45.8 Å². The van der Waals surface area contributed by atoms with E-state index in [2.05, 4.69) is 15.5 Å². The maximum Gasteiger partial charge on any atom is 0.232 e. The van der Waals surface area contributed by atoms with Crippen molar-refractivity contribution in [1.29, 1.82) is 0 Å². The van der Waals surface area contributed by atoms with Gasteiger partial charge in [-0.2, -0.15) is 0 Å². The first-order valence-electron chi connectivity index (χ1n) is 7.96. The van der Waals surface area contributed by atoms with Gasteiger partial charge >= 0.3 is 0 Å². The molecular weight excluding hydrogens is 308 g/mol. The second-order valence-electron chi connectivity index (χ2n) is 6.06. The van der Waals surface area contributed by atoms with Crippen molar-refractivity contribution in [2.75, 3.05) is 6.54 Å². The largest absolute Gasteiger partial charge is 0.461 e. The number of aromatic nitrogens is 3. The molecule has 0 spiro atoms. The third-order valence-electron chi connectivity index (χ3n) is 4.51. The molecule has 0 aliphatic heterocycles. The molecule has 24 heavy (non-hydrogen) atoms. The maximum atomic E-state index is 12.6. The van der Waals surface area contributed by atoms with Crippen LogP contribution in [0.5, 0.6) is 0 Å². The molecule has 0 saturated heterocycles. The zero-order valence-corrected chi connectivity index (χ0v) is 13.4. The third-order valence-corrected chi connectivity index (χ3v) is 4.51. The van der Waals surface area contributed by atoms with Gasteiger partial charge in [-0.05, 0) is 31.9 Å². The van der Waals surface area contributed by atoms with E-state index >= 15 is 0 Å². The summed E-state index contributed by atoms with van der Waals surface area (Å²) in [7, 11) is 0. The zero-order valence-electron chi connectivity index (χ0n) is 13.4. The van der Waals surface area contributed by atoms with E-state index in [1.807, 2.05) is 17.7 Å². The Balaban J connectivity index is 1.41. The van der Waals surface area contributed by atoms with Gasteiger partial charge in [-0.3, -0.25) is 4.79 Å². The second kappa shape index (κ2) is 5.67. The summed E-state index contributed by atoms with van der Waals surface area (Å²) in [4.78, 5) is 16.8. The van der Waals surface area contributed by atoms with Crippen molar-refractivity contribution < 1.29 is 13.7 Å². The Morgan fingerprint density at radius 2 is 2.29 bits per heavy atom. The quantitative estimate of drug-likeness (QED) is 0.751. The van der Waals surface area contributed by atoms with Crippen molar-refractivity contribution in [2.45, 2.75) is 31.7 Å². The number of amides is 1. The molecule has 3 aromatic rings. The van der Waals surface area contributed by atoms with Gasteiger partial charge in [0, 0.05) is 31.5 Å². The van der Waals surface area contributed by atoms with Crippen LogP contribution in [-0.2, 0) is 16.8 Å². The molecule has 0 unspecified atom stereocenters. The minimum absolute atomic E-state index is 0.000404. The Kier molecular flexibility index (Phi) is 3.48. The minimum atomic E-state index is -0.557. The molecule has 1 amide bonds. The first-order chi connectivity index (χ1) is 11.7. The van der Waals surface area contributed by atoms with Crippen LogP contribution >= 0.6 is 0 Å². The fourth-order valence-corrected chi connectivity index (χ4v) is 2.86. The van der Waals surface area contributed by atoms with Crippen molar-refractivity contribution in [2.24, 2.45) is 0 Å². The molecule has 0 bridgehead atoms. The summed E-state index contributed by atoms with van der Waals surface area (Å²) in [6.07, 6.45) is 6.81. The molecule has 1 fully saturated rings. The van der Waals surface area contributed by atoms with Gasteiger partial charge < -0.3 is 18.8 Å². The molecule has 7 heteroatoms. The first kappa shape index (κ1) is 14.7. The van der Waals surface area contributed by atoms with E-state index in [1.54, 1.807) is 30.7 Å². The van der Waals surface area contributed by atoms with Crippen LogP contribution < -0.4 is 5.32 Å². The molecule has 0 radical (unpaired) electrons. The summed E-state index contributed by atoms with van der Waals surface area (Å²) in [6.45, 7) is 3.19. The normalized spacial score (nSPS) is 15.4. The highest BCUT2D eigenvalue weighted by Crippen LogP contribution is 2.48. The van der Waals surface area contributed by atoms with Crippen molar-refractivity contribution >= 4 is 5.91 Å². The molecule has 0 atom stereocenters. The number of carbonyl (C=O) groups is 1. The number of nitrogens with one attached hydrogen (secondary N) is 1. The fourth-order valence-electron chi connectivity index (χ4n) is 2.86. The topological polar surface area (TPSA) is 86.1 Å². The van der Waals surface area contributed by atoms with E-state index in [-0.39, 0.29) is 5.91 Å². The van der Waals surface area contributed by atoms with E-state index in [4.69, 9.17) is 8.94 Å². The lowest BCUT2D eigenvalue weighted by Crippen LogP contribution is -2.36. The molecule has 1 aliphatic carbocycles. The molecule has 0 aromatic carbocycles. The van der Waals surface area contributed by atoms with Crippen molar-refractivity contribution in [3.63, 3.8) is 0 Å². The zero-order chi connectivity index (χ0) is 16.6. The molecule has 3 heterocycles. The smallest absolute Gasteiger partial charge is 0.232 e. The van der Waals surface area contributed by atoms with E-state index in [9.17, 15) is 4.79 Å². The van der Waals surface area contributed by atoms with Crippen molar-refractivity contribution in [1.82, 2.24) is 20.0 Å². The number of carbonyl (C=O) groups excluding carboxylic acids is 1. The van der Waals surface area contributed by atoms with Gasteiger partial charge in [-0.15, -0.1) is 0 Å². The lowest BCUT2D eigenvalue weighted by Gasteiger charge is -2.13. The number of rotatable bonds is 6. The predicted octanol–water partition coefficient (Wildman–Crippen LogP) is 2.29. The number of hydrogen-bond donors (Lipinski definition) is 1. The van der Waals surface area contributed by atoms with Crippen LogP contribution in [0.3, 0.4) is 0 Å². The summed E-state index contributed by atoms with van der Waals surface area (Å²) in [5.74, 6) is 2.09. The Hall–Kier alpha value is -2.83.